The Balaban J connectivity index is 1.75. The van der Waals surface area contributed by atoms with Gasteiger partial charge in [0.15, 0.2) is 6.61 Å². The van der Waals surface area contributed by atoms with Crippen LogP contribution < -0.4 is 10.6 Å². The van der Waals surface area contributed by atoms with Gasteiger partial charge in [-0.05, 0) is 43.7 Å². The average Bonchev–Trinajstić information content (AvgIpc) is 2.66. The van der Waals surface area contributed by atoms with Gasteiger partial charge in [0.2, 0.25) is 5.91 Å². The third kappa shape index (κ3) is 7.23. The summed E-state index contributed by atoms with van der Waals surface area (Å²) < 4.78 is 42.8. The van der Waals surface area contributed by atoms with Crippen molar-refractivity contribution in [2.45, 2.75) is 32.9 Å². The number of benzene rings is 2. The Bertz CT molecular complexity index is 942. The second-order valence-corrected chi connectivity index (χ2v) is 6.65. The lowest BCUT2D eigenvalue weighted by Crippen LogP contribution is -2.22. The summed E-state index contributed by atoms with van der Waals surface area (Å²) in [5.41, 5.74) is 1.60. The van der Waals surface area contributed by atoms with Crippen molar-refractivity contribution in [1.29, 1.82) is 0 Å². The van der Waals surface area contributed by atoms with Crippen LogP contribution in [-0.4, -0.2) is 24.4 Å². The summed E-state index contributed by atoms with van der Waals surface area (Å²) >= 11 is 0. The summed E-state index contributed by atoms with van der Waals surface area (Å²) in [5, 5.41) is 4.91. The molecule has 0 spiro atoms. The van der Waals surface area contributed by atoms with Gasteiger partial charge < -0.3 is 15.4 Å². The van der Waals surface area contributed by atoms with E-state index in [1.54, 1.807) is 6.07 Å². The lowest BCUT2D eigenvalue weighted by molar-refractivity contribution is -0.147. The van der Waals surface area contributed by atoms with Crippen molar-refractivity contribution in [3.63, 3.8) is 0 Å². The molecule has 0 aliphatic carbocycles. The van der Waals surface area contributed by atoms with Crippen LogP contribution >= 0.6 is 0 Å². The number of halogens is 3. The van der Waals surface area contributed by atoms with Crippen LogP contribution in [0.5, 0.6) is 0 Å². The van der Waals surface area contributed by atoms with Crippen LogP contribution in [0.3, 0.4) is 0 Å². The van der Waals surface area contributed by atoms with Gasteiger partial charge in [0.1, 0.15) is 0 Å². The molecule has 0 unspecified atom stereocenters. The van der Waals surface area contributed by atoms with Crippen LogP contribution in [0, 0.1) is 13.8 Å². The second kappa shape index (κ2) is 9.91. The number of hydrogen-bond donors (Lipinski definition) is 2. The number of nitrogens with one attached hydrogen (secondary N) is 2. The normalized spacial score (nSPS) is 11.0. The van der Waals surface area contributed by atoms with Crippen molar-refractivity contribution in [3.8, 4) is 0 Å². The van der Waals surface area contributed by atoms with Crippen molar-refractivity contribution >= 4 is 29.2 Å². The van der Waals surface area contributed by atoms with E-state index in [9.17, 15) is 27.6 Å². The highest BCUT2D eigenvalue weighted by Gasteiger charge is 2.30. The van der Waals surface area contributed by atoms with E-state index in [1.165, 1.54) is 6.07 Å². The molecule has 2 N–H and O–H groups in total. The fourth-order valence-electron chi connectivity index (χ4n) is 2.57. The van der Waals surface area contributed by atoms with Crippen molar-refractivity contribution < 1.29 is 32.3 Å². The van der Waals surface area contributed by atoms with E-state index in [0.717, 1.165) is 29.3 Å². The molecule has 6 nitrogen and oxygen atoms in total. The first-order valence-electron chi connectivity index (χ1n) is 9.04. The first-order valence-corrected chi connectivity index (χ1v) is 9.04. The molecule has 2 aromatic rings. The zero-order chi connectivity index (χ0) is 22.3. The molecule has 0 aliphatic rings. The van der Waals surface area contributed by atoms with Gasteiger partial charge in [-0.1, -0.05) is 23.8 Å². The van der Waals surface area contributed by atoms with E-state index in [2.05, 4.69) is 10.6 Å². The minimum absolute atomic E-state index is 0.0706. The molecule has 30 heavy (non-hydrogen) atoms. The molecule has 0 atom stereocenters. The Labute approximate surface area is 171 Å². The van der Waals surface area contributed by atoms with Gasteiger partial charge in [0.05, 0.1) is 12.0 Å². The number of alkyl halides is 3. The van der Waals surface area contributed by atoms with E-state index in [1.807, 2.05) is 26.0 Å². The van der Waals surface area contributed by atoms with Crippen LogP contribution in [0.15, 0.2) is 42.5 Å². The van der Waals surface area contributed by atoms with E-state index in [0.29, 0.717) is 5.69 Å². The summed E-state index contributed by atoms with van der Waals surface area (Å²) in [6, 6.07) is 9.60. The lowest BCUT2D eigenvalue weighted by atomic mass is 10.1. The largest absolute Gasteiger partial charge is 0.456 e. The van der Waals surface area contributed by atoms with Crippen LogP contribution in [0.25, 0.3) is 0 Å². The highest BCUT2D eigenvalue weighted by atomic mass is 19.4. The van der Waals surface area contributed by atoms with Gasteiger partial charge in [0, 0.05) is 17.8 Å². The molecular formula is C21H21F3N2O4. The molecule has 0 fully saturated rings. The molecular weight excluding hydrogens is 401 g/mol. The first-order chi connectivity index (χ1) is 14.0. The predicted octanol–water partition coefficient (Wildman–Crippen LogP) is 4.22. The number of anilines is 2. The number of carbonyl (C=O) groups is 3. The van der Waals surface area contributed by atoms with Gasteiger partial charge in [-0.25, -0.2) is 0 Å². The SMILES string of the molecule is Cc1ccc(NC(=O)CCC(=O)OCC(=O)Nc2cccc(C(F)(F)F)c2)c(C)c1. The fourth-order valence-corrected chi connectivity index (χ4v) is 2.57. The second-order valence-electron chi connectivity index (χ2n) is 6.65. The molecule has 0 saturated heterocycles. The molecule has 0 bridgehead atoms. The standard InChI is InChI=1S/C21H21F3N2O4/c1-13-6-7-17(14(2)10-13)26-18(27)8-9-20(29)30-12-19(28)25-16-5-3-4-15(11-16)21(22,23)24/h3-7,10-11H,8-9,12H2,1-2H3,(H,25,28)(H,26,27). The van der Waals surface area contributed by atoms with Crippen molar-refractivity contribution in [2.24, 2.45) is 0 Å². The molecule has 160 valence electrons. The molecule has 2 aromatic carbocycles. The summed E-state index contributed by atoms with van der Waals surface area (Å²) in [7, 11) is 0. The van der Waals surface area contributed by atoms with Gasteiger partial charge in [0.25, 0.3) is 5.91 Å². The van der Waals surface area contributed by atoms with E-state index in [-0.39, 0.29) is 24.4 Å². The van der Waals surface area contributed by atoms with Gasteiger partial charge in [-0.15, -0.1) is 0 Å². The highest BCUT2D eigenvalue weighted by Crippen LogP contribution is 2.30. The molecule has 0 aromatic heterocycles. The molecule has 2 amide bonds. The van der Waals surface area contributed by atoms with E-state index >= 15 is 0 Å². The minimum Gasteiger partial charge on any atom is -0.456 e. The van der Waals surface area contributed by atoms with Gasteiger partial charge >= 0.3 is 12.1 Å². The quantitative estimate of drug-likeness (QED) is 0.655. The van der Waals surface area contributed by atoms with Crippen molar-refractivity contribution in [1.82, 2.24) is 0 Å². The number of rotatable bonds is 7. The highest BCUT2D eigenvalue weighted by molar-refractivity contribution is 5.94. The topological polar surface area (TPSA) is 84.5 Å². The third-order valence-corrected chi connectivity index (χ3v) is 4.05. The Kier molecular flexibility index (Phi) is 7.57. The minimum atomic E-state index is -4.54. The number of esters is 1. The smallest absolute Gasteiger partial charge is 0.416 e. The monoisotopic (exact) mass is 422 g/mol. The van der Waals surface area contributed by atoms with E-state index < -0.39 is 30.2 Å². The number of aryl methyl sites for hydroxylation is 2. The molecule has 0 radical (unpaired) electrons. The average molecular weight is 422 g/mol. The van der Waals surface area contributed by atoms with Crippen LogP contribution in [0.1, 0.15) is 29.5 Å². The Morgan fingerprint density at radius 2 is 1.67 bits per heavy atom. The van der Waals surface area contributed by atoms with Crippen LogP contribution in [0.4, 0.5) is 24.5 Å². The maximum Gasteiger partial charge on any atom is 0.416 e. The van der Waals surface area contributed by atoms with Crippen molar-refractivity contribution in [2.75, 3.05) is 17.2 Å². The fraction of sp³-hybridized carbons (Fsp3) is 0.286. The Morgan fingerprint density at radius 3 is 2.33 bits per heavy atom. The molecule has 0 heterocycles. The lowest BCUT2D eigenvalue weighted by Gasteiger charge is -2.10. The van der Waals surface area contributed by atoms with E-state index in [4.69, 9.17) is 4.74 Å². The summed E-state index contributed by atoms with van der Waals surface area (Å²) in [6.07, 6.45) is -4.92. The maximum absolute atomic E-state index is 12.7. The number of carbonyl (C=O) groups excluding carboxylic acids is 3. The molecule has 0 saturated carbocycles. The number of hydrogen-bond acceptors (Lipinski definition) is 4. The number of ether oxygens (including phenoxy) is 1. The third-order valence-electron chi connectivity index (χ3n) is 4.05. The van der Waals surface area contributed by atoms with Crippen LogP contribution in [0.2, 0.25) is 0 Å². The molecule has 9 heteroatoms. The molecule has 0 aliphatic heterocycles. The van der Waals surface area contributed by atoms with Crippen molar-refractivity contribution in [3.05, 3.63) is 59.2 Å². The molecule has 2 rings (SSSR count). The Hall–Kier alpha value is -3.36. The maximum atomic E-state index is 12.7. The first kappa shape index (κ1) is 22.9. The predicted molar refractivity (Wildman–Crippen MR) is 105 cm³/mol. The van der Waals surface area contributed by atoms with Gasteiger partial charge in [-0.2, -0.15) is 13.2 Å². The number of amides is 2. The summed E-state index contributed by atoms with van der Waals surface area (Å²) in [4.78, 5) is 35.5. The zero-order valence-corrected chi connectivity index (χ0v) is 16.4. The Morgan fingerprint density at radius 1 is 0.933 bits per heavy atom. The summed E-state index contributed by atoms with van der Waals surface area (Å²) in [6.45, 7) is 3.10. The zero-order valence-electron chi connectivity index (χ0n) is 16.4. The van der Waals surface area contributed by atoms with Crippen LogP contribution in [-0.2, 0) is 25.3 Å². The summed E-state index contributed by atoms with van der Waals surface area (Å²) in [5.74, 6) is -1.94. The van der Waals surface area contributed by atoms with Gasteiger partial charge in [-0.3, -0.25) is 14.4 Å².